The summed E-state index contributed by atoms with van der Waals surface area (Å²) in [6.07, 6.45) is 4.99. The fraction of sp³-hybridized carbons (Fsp3) is 0.360. The zero-order valence-electron chi connectivity index (χ0n) is 35.0. The molecule has 0 heterocycles. The molecule has 4 nitrogen and oxygen atoms in total. The summed E-state index contributed by atoms with van der Waals surface area (Å²) in [4.78, 5) is 25.9. The van der Waals surface area contributed by atoms with Crippen LogP contribution in [0.2, 0.25) is 36.3 Å². The highest BCUT2D eigenvalue weighted by atomic mass is 28.4. The van der Waals surface area contributed by atoms with Crippen LogP contribution in [0.25, 0.3) is 22.3 Å². The summed E-state index contributed by atoms with van der Waals surface area (Å²) in [6, 6.07) is 38.4. The summed E-state index contributed by atoms with van der Waals surface area (Å²) < 4.78 is 13.0. The van der Waals surface area contributed by atoms with Crippen molar-refractivity contribution in [2.75, 3.05) is 0 Å². The van der Waals surface area contributed by atoms with Gasteiger partial charge in [-0.2, -0.15) is 0 Å². The highest BCUT2D eigenvalue weighted by molar-refractivity contribution is 6.75. The number of hydrogen-bond acceptors (Lipinski definition) is 4. The zero-order chi connectivity index (χ0) is 40.3. The second-order valence-corrected chi connectivity index (χ2v) is 29.0. The molecule has 0 aromatic heterocycles. The molecule has 0 amide bonds. The van der Waals surface area contributed by atoms with Gasteiger partial charge < -0.3 is 18.4 Å². The van der Waals surface area contributed by atoms with E-state index in [2.05, 4.69) is 177 Å². The predicted molar refractivity (Wildman–Crippen MR) is 236 cm³/mol. The van der Waals surface area contributed by atoms with Crippen molar-refractivity contribution in [3.05, 3.63) is 143 Å². The molecule has 0 spiro atoms. The first-order valence-corrected chi connectivity index (χ1v) is 26.0. The molecule has 0 radical (unpaired) electrons. The molecule has 0 saturated carbocycles. The van der Waals surface area contributed by atoms with Crippen LogP contribution in [0.3, 0.4) is 0 Å². The Hall–Kier alpha value is -4.53. The number of carbonyl (C=O) groups is 2. The van der Waals surface area contributed by atoms with E-state index >= 15 is 0 Å². The van der Waals surface area contributed by atoms with Gasteiger partial charge in [0.25, 0.3) is 0 Å². The van der Waals surface area contributed by atoms with Gasteiger partial charge in [-0.05, 0) is 142 Å². The SMILES string of the molecule is CC(C)(C)[Si](C)(C)Oc1ccc(-c2ccc(C3(C=O)Cc4cc5c(cc4C3)CC(C=O)(c3ccc(-c4ccc(O[Si](C)(C)C(C)(C)C)cc4)cc3)C5)cc2)cc1. The summed E-state index contributed by atoms with van der Waals surface area (Å²) in [5.41, 5.74) is 10.3. The van der Waals surface area contributed by atoms with Crippen LogP contribution in [-0.2, 0) is 46.1 Å². The average molecular weight is 779 g/mol. The molecule has 2 aliphatic rings. The smallest absolute Gasteiger partial charge is 0.250 e. The summed E-state index contributed by atoms with van der Waals surface area (Å²) in [5.74, 6) is 1.83. The topological polar surface area (TPSA) is 52.6 Å². The van der Waals surface area contributed by atoms with Crippen LogP contribution in [0, 0.1) is 0 Å². The minimum atomic E-state index is -1.91. The highest BCUT2D eigenvalue weighted by Crippen LogP contribution is 2.46. The van der Waals surface area contributed by atoms with Crippen LogP contribution in [0.15, 0.2) is 109 Å². The number of carbonyl (C=O) groups excluding carboxylic acids is 2. The second-order valence-electron chi connectivity index (χ2n) is 19.6. The Labute approximate surface area is 337 Å². The molecule has 0 N–H and O–H groups in total. The Kier molecular flexibility index (Phi) is 10.0. The lowest BCUT2D eigenvalue weighted by Gasteiger charge is -2.36. The van der Waals surface area contributed by atoms with E-state index in [0.29, 0.717) is 25.7 Å². The molecule has 5 aromatic rings. The summed E-state index contributed by atoms with van der Waals surface area (Å²) in [6.45, 7) is 22.6. The van der Waals surface area contributed by atoms with Gasteiger partial charge in [0, 0.05) is 0 Å². The van der Waals surface area contributed by atoms with Gasteiger partial charge >= 0.3 is 0 Å². The lowest BCUT2D eigenvalue weighted by atomic mass is 9.78. The average Bonchev–Trinajstić information content (AvgIpc) is 3.72. The number of aldehydes is 2. The standard InChI is InChI=1S/C50H58O4Si2/c1-47(2,3)55(7,8)53-45-23-15-37(16-24-45)35-11-19-43(20-12-35)49(33-51)29-39-27-41-31-50(34-52,32-42(41)28-40(39)30-49)44-21-13-36(14-22-44)38-17-25-46(26-18-38)54-56(9,10)48(4,5)6/h11-28,33-34H,29-32H2,1-10H3. The molecular formula is C50H58O4Si2. The van der Waals surface area contributed by atoms with Crippen molar-refractivity contribution < 1.29 is 18.4 Å². The van der Waals surface area contributed by atoms with E-state index in [1.54, 1.807) is 0 Å². The Morgan fingerprint density at radius 3 is 0.929 bits per heavy atom. The van der Waals surface area contributed by atoms with Crippen LogP contribution in [0.5, 0.6) is 11.5 Å². The first-order valence-electron chi connectivity index (χ1n) is 20.1. The lowest BCUT2D eigenvalue weighted by Crippen LogP contribution is -2.43. The number of rotatable bonds is 10. The van der Waals surface area contributed by atoms with Gasteiger partial charge in [-0.15, -0.1) is 0 Å². The maximum absolute atomic E-state index is 12.9. The normalized spacial score (nSPS) is 16.2. The third kappa shape index (κ3) is 7.38. The van der Waals surface area contributed by atoms with Gasteiger partial charge in [0.1, 0.15) is 24.1 Å². The van der Waals surface area contributed by atoms with E-state index in [0.717, 1.165) is 57.5 Å². The molecule has 5 aromatic carbocycles. The van der Waals surface area contributed by atoms with Gasteiger partial charge in [-0.25, -0.2) is 0 Å². The maximum Gasteiger partial charge on any atom is 0.250 e. The van der Waals surface area contributed by atoms with E-state index in [1.807, 2.05) is 0 Å². The highest BCUT2D eigenvalue weighted by Gasteiger charge is 2.44. The van der Waals surface area contributed by atoms with Gasteiger partial charge in [0.05, 0.1) is 10.8 Å². The Morgan fingerprint density at radius 2 is 0.696 bits per heavy atom. The summed E-state index contributed by atoms with van der Waals surface area (Å²) in [5, 5.41) is 0.277. The zero-order valence-corrected chi connectivity index (χ0v) is 37.0. The second kappa shape index (κ2) is 14.1. The van der Waals surface area contributed by atoms with Gasteiger partial charge in [-0.3, -0.25) is 0 Å². The summed E-state index contributed by atoms with van der Waals surface area (Å²) in [7, 11) is -3.82. The van der Waals surface area contributed by atoms with Gasteiger partial charge in [0.2, 0.25) is 16.6 Å². The maximum atomic E-state index is 12.9. The monoisotopic (exact) mass is 778 g/mol. The minimum absolute atomic E-state index is 0.139. The molecule has 290 valence electrons. The van der Waals surface area contributed by atoms with Crippen molar-refractivity contribution in [2.45, 2.75) is 114 Å². The van der Waals surface area contributed by atoms with Crippen LogP contribution in [-0.4, -0.2) is 29.2 Å². The first kappa shape index (κ1) is 39.7. The van der Waals surface area contributed by atoms with Crippen molar-refractivity contribution in [3.8, 4) is 33.8 Å². The molecule has 0 fully saturated rings. The van der Waals surface area contributed by atoms with Crippen molar-refractivity contribution in [1.82, 2.24) is 0 Å². The molecule has 0 saturated heterocycles. The minimum Gasteiger partial charge on any atom is -0.544 e. The predicted octanol–water partition coefficient (Wildman–Crippen LogP) is 12.3. The first-order chi connectivity index (χ1) is 26.3. The Bertz CT molecular complexity index is 2040. The molecule has 7 rings (SSSR count). The molecule has 6 heteroatoms. The summed E-state index contributed by atoms with van der Waals surface area (Å²) >= 11 is 0. The number of fused-ring (bicyclic) bond motifs is 2. The largest absolute Gasteiger partial charge is 0.544 e. The van der Waals surface area contributed by atoms with Crippen molar-refractivity contribution in [1.29, 1.82) is 0 Å². The Morgan fingerprint density at radius 1 is 0.446 bits per heavy atom. The van der Waals surface area contributed by atoms with E-state index in [-0.39, 0.29) is 10.1 Å². The van der Waals surface area contributed by atoms with Gasteiger partial charge in [0.15, 0.2) is 0 Å². The van der Waals surface area contributed by atoms with E-state index in [1.165, 1.54) is 22.3 Å². The molecule has 2 aliphatic carbocycles. The molecule has 0 atom stereocenters. The van der Waals surface area contributed by atoms with Crippen molar-refractivity contribution >= 4 is 29.2 Å². The van der Waals surface area contributed by atoms with Crippen LogP contribution < -0.4 is 8.85 Å². The van der Waals surface area contributed by atoms with Gasteiger partial charge in [-0.1, -0.05) is 126 Å². The van der Waals surface area contributed by atoms with E-state index in [9.17, 15) is 9.59 Å². The molecule has 56 heavy (non-hydrogen) atoms. The molecule has 0 bridgehead atoms. The van der Waals surface area contributed by atoms with Crippen LogP contribution >= 0.6 is 0 Å². The molecule has 0 unspecified atom stereocenters. The number of benzene rings is 5. The van der Waals surface area contributed by atoms with E-state index in [4.69, 9.17) is 8.85 Å². The van der Waals surface area contributed by atoms with Crippen LogP contribution in [0.4, 0.5) is 0 Å². The Balaban J connectivity index is 1.04. The molecular weight excluding hydrogens is 721 g/mol. The third-order valence-corrected chi connectivity index (χ3v) is 22.4. The molecule has 0 aliphatic heterocycles. The van der Waals surface area contributed by atoms with Crippen molar-refractivity contribution in [3.63, 3.8) is 0 Å². The van der Waals surface area contributed by atoms with Crippen molar-refractivity contribution in [2.24, 2.45) is 0 Å². The fourth-order valence-corrected chi connectivity index (χ4v) is 10.0. The quantitative estimate of drug-likeness (QED) is 0.105. The lowest BCUT2D eigenvalue weighted by molar-refractivity contribution is -0.113. The van der Waals surface area contributed by atoms with Crippen LogP contribution in [0.1, 0.15) is 74.9 Å². The van der Waals surface area contributed by atoms with E-state index < -0.39 is 27.5 Å². The fourth-order valence-electron chi connectivity index (χ4n) is 7.96. The number of hydrogen-bond donors (Lipinski definition) is 0. The third-order valence-electron chi connectivity index (χ3n) is 13.6.